The second-order valence-corrected chi connectivity index (χ2v) is 10.2. The van der Waals surface area contributed by atoms with E-state index in [4.69, 9.17) is 19.9 Å². The predicted molar refractivity (Wildman–Crippen MR) is 129 cm³/mol. The van der Waals surface area contributed by atoms with E-state index in [-0.39, 0.29) is 28.3 Å². The molecule has 4 atom stereocenters. The molecule has 0 radical (unpaired) electrons. The van der Waals surface area contributed by atoms with Gasteiger partial charge in [-0.25, -0.2) is 18.7 Å². The number of hydrogen-bond acceptors (Lipinski definition) is 8. The van der Waals surface area contributed by atoms with Crippen molar-refractivity contribution in [2.45, 2.75) is 36.7 Å². The molecule has 1 saturated carbocycles. The number of rotatable bonds is 9. The van der Waals surface area contributed by atoms with Gasteiger partial charge in [0.15, 0.2) is 11.0 Å². The molecule has 182 valence electrons. The number of ether oxygens (including phenoxy) is 3. The average molecular weight is 491 g/mol. The van der Waals surface area contributed by atoms with Gasteiger partial charge < -0.3 is 19.9 Å². The number of amidine groups is 1. The fourth-order valence-electron chi connectivity index (χ4n) is 4.36. The second kappa shape index (κ2) is 9.59. The fourth-order valence-corrected chi connectivity index (χ4v) is 5.81. The minimum atomic E-state index is -0.865. The van der Waals surface area contributed by atoms with E-state index in [1.807, 2.05) is 13.8 Å². The van der Waals surface area contributed by atoms with Crippen LogP contribution in [0.3, 0.4) is 0 Å². The lowest BCUT2D eigenvalue weighted by molar-refractivity contribution is 0.0698. The highest BCUT2D eigenvalue weighted by molar-refractivity contribution is 8.15. The molecule has 1 aromatic heterocycles. The summed E-state index contributed by atoms with van der Waals surface area (Å²) in [4.78, 5) is 12.8. The van der Waals surface area contributed by atoms with Gasteiger partial charge in [-0.05, 0) is 44.0 Å². The normalized spacial score (nSPS) is 27.1. The van der Waals surface area contributed by atoms with Crippen LogP contribution in [0.15, 0.2) is 35.6 Å². The number of halogens is 2. The number of aromatic nitrogens is 2. The first-order chi connectivity index (χ1) is 16.2. The Morgan fingerprint density at radius 1 is 1.32 bits per heavy atom. The number of fused-ring (bicyclic) bond motifs is 1. The molecule has 1 fully saturated rings. The van der Waals surface area contributed by atoms with Gasteiger partial charge in [0.2, 0.25) is 5.88 Å². The van der Waals surface area contributed by atoms with Crippen LogP contribution in [0.4, 0.5) is 8.78 Å². The molecule has 2 heterocycles. The van der Waals surface area contributed by atoms with Crippen molar-refractivity contribution >= 4 is 28.8 Å². The molecule has 2 N–H and O–H groups in total. The van der Waals surface area contributed by atoms with E-state index in [0.717, 1.165) is 6.42 Å². The van der Waals surface area contributed by atoms with E-state index in [2.05, 4.69) is 15.0 Å². The zero-order valence-corrected chi connectivity index (χ0v) is 20.4. The maximum atomic E-state index is 15.0. The van der Waals surface area contributed by atoms with Crippen molar-refractivity contribution in [3.05, 3.63) is 53.2 Å². The zero-order chi connectivity index (χ0) is 24.5. The van der Waals surface area contributed by atoms with Gasteiger partial charge in [0, 0.05) is 25.7 Å². The predicted octanol–water partition coefficient (Wildman–Crippen LogP) is 4.18. The Labute approximate surface area is 201 Å². The van der Waals surface area contributed by atoms with Gasteiger partial charge >= 0.3 is 0 Å². The van der Waals surface area contributed by atoms with Crippen LogP contribution in [0.25, 0.3) is 11.9 Å². The minimum Gasteiger partial charge on any atom is -0.474 e. The highest BCUT2D eigenvalue weighted by Crippen LogP contribution is 2.65. The number of nitrogens with two attached hydrogens (primary N) is 1. The first kappa shape index (κ1) is 24.6. The van der Waals surface area contributed by atoms with Crippen molar-refractivity contribution in [2.24, 2.45) is 16.6 Å². The van der Waals surface area contributed by atoms with Crippen LogP contribution in [0.1, 0.15) is 37.1 Å². The third-order valence-electron chi connectivity index (χ3n) is 6.31. The Hall–Kier alpha value is -2.56. The molecule has 7 nitrogen and oxygen atoms in total. The lowest BCUT2D eigenvalue weighted by atomic mass is 9.85. The van der Waals surface area contributed by atoms with E-state index in [1.54, 1.807) is 20.3 Å². The Kier molecular flexibility index (Phi) is 6.93. The van der Waals surface area contributed by atoms with Crippen molar-refractivity contribution in [2.75, 3.05) is 27.4 Å². The van der Waals surface area contributed by atoms with Crippen molar-refractivity contribution in [3.8, 4) is 5.88 Å². The summed E-state index contributed by atoms with van der Waals surface area (Å²) in [5.74, 6) is -0.676. The Balaban J connectivity index is 1.57. The Morgan fingerprint density at radius 3 is 2.79 bits per heavy atom. The molecule has 2 aromatic rings. The monoisotopic (exact) mass is 490 g/mol. The van der Waals surface area contributed by atoms with E-state index in [0.29, 0.717) is 29.5 Å². The molecule has 10 heteroatoms. The van der Waals surface area contributed by atoms with Crippen LogP contribution in [0.5, 0.6) is 5.88 Å². The van der Waals surface area contributed by atoms with Crippen LogP contribution in [-0.2, 0) is 15.0 Å². The van der Waals surface area contributed by atoms with Gasteiger partial charge in [0.05, 0.1) is 35.4 Å². The summed E-state index contributed by atoms with van der Waals surface area (Å²) in [6.07, 6.45) is 4.64. The van der Waals surface area contributed by atoms with Gasteiger partial charge in [-0.2, -0.15) is 0 Å². The van der Waals surface area contributed by atoms with Crippen molar-refractivity contribution in [3.63, 3.8) is 0 Å². The number of hydrogen-bond donors (Lipinski definition) is 1. The Morgan fingerprint density at radius 2 is 2.12 bits per heavy atom. The largest absolute Gasteiger partial charge is 0.474 e. The molecule has 4 rings (SSSR count). The fraction of sp³-hybridized carbons (Fsp3) is 0.458. The molecule has 0 saturated heterocycles. The van der Waals surface area contributed by atoms with Crippen LogP contribution in [0.2, 0.25) is 0 Å². The first-order valence-corrected chi connectivity index (χ1v) is 11.7. The van der Waals surface area contributed by atoms with Gasteiger partial charge in [-0.3, -0.25) is 4.99 Å². The molecule has 1 aliphatic heterocycles. The van der Waals surface area contributed by atoms with Crippen LogP contribution >= 0.6 is 11.8 Å². The number of thioether (sulfide) groups is 1. The first-order valence-electron chi connectivity index (χ1n) is 10.9. The topological polar surface area (TPSA) is 91.8 Å². The molecule has 1 aromatic carbocycles. The van der Waals surface area contributed by atoms with Crippen molar-refractivity contribution in [1.29, 1.82) is 0 Å². The Bertz CT molecular complexity index is 1110. The number of methoxy groups -OCH3 is 2. The summed E-state index contributed by atoms with van der Waals surface area (Å²) in [6.45, 7) is 4.54. The molecule has 0 amide bonds. The summed E-state index contributed by atoms with van der Waals surface area (Å²) in [7, 11) is 3.22. The van der Waals surface area contributed by atoms with Crippen LogP contribution < -0.4 is 10.5 Å². The maximum absolute atomic E-state index is 15.0. The zero-order valence-electron chi connectivity index (χ0n) is 19.5. The quantitative estimate of drug-likeness (QED) is 0.564. The number of aliphatic imine (C=N–C) groups is 1. The number of nitrogens with zero attached hydrogens (tertiary/aromatic N) is 3. The summed E-state index contributed by atoms with van der Waals surface area (Å²) in [5.41, 5.74) is 6.15. The summed E-state index contributed by atoms with van der Waals surface area (Å²) in [5, 5.41) is 0.400. The maximum Gasteiger partial charge on any atom is 0.232 e. The summed E-state index contributed by atoms with van der Waals surface area (Å²) < 4.78 is 45.7. The second-order valence-electron chi connectivity index (χ2n) is 8.78. The highest BCUT2D eigenvalue weighted by Gasteiger charge is 2.66. The van der Waals surface area contributed by atoms with Gasteiger partial charge in [0.25, 0.3) is 0 Å². The average Bonchev–Trinajstić information content (AvgIpc) is 3.53. The lowest BCUT2D eigenvalue weighted by Gasteiger charge is -2.34. The van der Waals surface area contributed by atoms with E-state index < -0.39 is 17.2 Å². The van der Waals surface area contributed by atoms with Crippen LogP contribution in [0, 0.1) is 11.7 Å². The van der Waals surface area contributed by atoms with Gasteiger partial charge in [0.1, 0.15) is 18.1 Å². The molecule has 0 spiro atoms. The van der Waals surface area contributed by atoms with E-state index in [9.17, 15) is 8.78 Å². The molecular weight excluding hydrogens is 462 g/mol. The highest BCUT2D eigenvalue weighted by atomic mass is 32.2. The standard InChI is InChI=1S/C24H28F2N4O3S/c1-14(32-4)12-33-21-11-28-19(10-29-21)18(26)8-15-5-6-17(25)16(7-15)23(2)20-9-24(20,13-31-3)34-22(27)30-23/h5-8,10-11,14,20H,9,12-13H2,1-4H3,(H2,27,30)/b18-8-/t14?,20-,23+,24+/m0/s1. The molecule has 1 unspecified atom stereocenters. The molecule has 0 bridgehead atoms. The molecular formula is C24H28F2N4O3S. The molecule has 2 aliphatic rings. The van der Waals surface area contributed by atoms with Crippen molar-refractivity contribution in [1.82, 2.24) is 9.97 Å². The molecule has 34 heavy (non-hydrogen) atoms. The third kappa shape index (κ3) is 4.80. The minimum absolute atomic E-state index is 0.0434. The number of benzene rings is 1. The third-order valence-corrected chi connectivity index (χ3v) is 7.59. The van der Waals surface area contributed by atoms with Crippen molar-refractivity contribution < 1.29 is 23.0 Å². The van der Waals surface area contributed by atoms with E-state index >= 15 is 0 Å². The van der Waals surface area contributed by atoms with E-state index in [1.165, 1.54) is 42.4 Å². The van der Waals surface area contributed by atoms with Gasteiger partial charge in [-0.15, -0.1) is 0 Å². The van der Waals surface area contributed by atoms with Gasteiger partial charge in [-0.1, -0.05) is 17.8 Å². The summed E-state index contributed by atoms with van der Waals surface area (Å²) >= 11 is 1.49. The van der Waals surface area contributed by atoms with Crippen LogP contribution in [-0.4, -0.2) is 53.4 Å². The smallest absolute Gasteiger partial charge is 0.232 e. The molecule has 1 aliphatic carbocycles. The SMILES string of the molecule is COC[C@]12C[C@H]1[C@@](C)(c1cc(/C=C(\F)c3cnc(OCC(C)OC)cn3)ccc1F)N=C(N)S2. The lowest BCUT2D eigenvalue weighted by Crippen LogP contribution is -2.37. The summed E-state index contributed by atoms with van der Waals surface area (Å²) in [6, 6.07) is 4.46.